The molecular weight excluding hydrogens is 180 g/mol. The van der Waals surface area contributed by atoms with Gasteiger partial charge >= 0.3 is 0 Å². The Morgan fingerprint density at radius 2 is 2.38 bits per heavy atom. The Hall–Kier alpha value is -0.850. The molecule has 0 amide bonds. The van der Waals surface area contributed by atoms with E-state index >= 15 is 0 Å². The molecule has 1 heterocycles. The SMILES string of the molecule is CCCNC(C#N)c1ccc(C)s1. The van der Waals surface area contributed by atoms with Gasteiger partial charge in [0.2, 0.25) is 0 Å². The van der Waals surface area contributed by atoms with Crippen LogP contribution in [0, 0.1) is 18.3 Å². The van der Waals surface area contributed by atoms with Crippen molar-refractivity contribution in [3.8, 4) is 6.07 Å². The van der Waals surface area contributed by atoms with Crippen molar-refractivity contribution in [2.75, 3.05) is 6.54 Å². The summed E-state index contributed by atoms with van der Waals surface area (Å²) in [6.45, 7) is 5.05. The largest absolute Gasteiger partial charge is 0.298 e. The van der Waals surface area contributed by atoms with Crippen molar-refractivity contribution in [3.63, 3.8) is 0 Å². The maximum Gasteiger partial charge on any atom is 0.130 e. The fourth-order valence-corrected chi connectivity index (χ4v) is 2.00. The summed E-state index contributed by atoms with van der Waals surface area (Å²) in [6, 6.07) is 6.22. The van der Waals surface area contributed by atoms with E-state index in [9.17, 15) is 0 Å². The molecule has 1 N–H and O–H groups in total. The molecule has 0 aliphatic carbocycles. The van der Waals surface area contributed by atoms with Crippen molar-refractivity contribution in [2.45, 2.75) is 26.3 Å². The van der Waals surface area contributed by atoms with Crippen LogP contribution < -0.4 is 5.32 Å². The van der Waals surface area contributed by atoms with Crippen LogP contribution in [0.2, 0.25) is 0 Å². The van der Waals surface area contributed by atoms with Gasteiger partial charge in [-0.2, -0.15) is 5.26 Å². The molecule has 0 aliphatic rings. The number of hydrogen-bond acceptors (Lipinski definition) is 3. The average Bonchev–Trinajstić information content (AvgIpc) is 2.54. The molecule has 0 fully saturated rings. The molecule has 0 aromatic carbocycles. The standard InChI is InChI=1S/C10H14N2S/c1-3-6-12-9(7-11)10-5-4-8(2)13-10/h4-5,9,12H,3,6H2,1-2H3. The predicted molar refractivity (Wildman–Crippen MR) is 55.7 cm³/mol. The van der Waals surface area contributed by atoms with Gasteiger partial charge < -0.3 is 0 Å². The van der Waals surface area contributed by atoms with E-state index in [0.29, 0.717) is 0 Å². The highest BCUT2D eigenvalue weighted by Gasteiger charge is 2.10. The van der Waals surface area contributed by atoms with Gasteiger partial charge in [0.15, 0.2) is 0 Å². The molecule has 13 heavy (non-hydrogen) atoms. The van der Waals surface area contributed by atoms with Crippen LogP contribution in [-0.4, -0.2) is 6.54 Å². The van der Waals surface area contributed by atoms with Crippen LogP contribution in [0.5, 0.6) is 0 Å². The van der Waals surface area contributed by atoms with Gasteiger partial charge in [0, 0.05) is 9.75 Å². The van der Waals surface area contributed by atoms with Gasteiger partial charge in [-0.05, 0) is 32.0 Å². The molecule has 0 saturated heterocycles. The lowest BCUT2D eigenvalue weighted by Gasteiger charge is -2.07. The maximum atomic E-state index is 8.91. The first-order valence-electron chi connectivity index (χ1n) is 4.47. The highest BCUT2D eigenvalue weighted by molar-refractivity contribution is 7.12. The third-order valence-electron chi connectivity index (χ3n) is 1.77. The van der Waals surface area contributed by atoms with E-state index in [1.54, 1.807) is 11.3 Å². The number of aryl methyl sites for hydroxylation is 1. The highest BCUT2D eigenvalue weighted by Crippen LogP contribution is 2.21. The topological polar surface area (TPSA) is 35.8 Å². The van der Waals surface area contributed by atoms with E-state index in [1.807, 2.05) is 6.07 Å². The molecule has 1 aromatic rings. The molecule has 0 spiro atoms. The number of hydrogen-bond donors (Lipinski definition) is 1. The van der Waals surface area contributed by atoms with Gasteiger partial charge in [0.25, 0.3) is 0 Å². The van der Waals surface area contributed by atoms with E-state index < -0.39 is 0 Å². The lowest BCUT2D eigenvalue weighted by Crippen LogP contribution is -2.19. The van der Waals surface area contributed by atoms with E-state index in [-0.39, 0.29) is 6.04 Å². The van der Waals surface area contributed by atoms with Gasteiger partial charge in [-0.1, -0.05) is 6.92 Å². The average molecular weight is 194 g/mol. The van der Waals surface area contributed by atoms with E-state index in [4.69, 9.17) is 5.26 Å². The zero-order valence-corrected chi connectivity index (χ0v) is 8.82. The van der Waals surface area contributed by atoms with Crippen LogP contribution in [0.25, 0.3) is 0 Å². The number of nitrogens with one attached hydrogen (secondary N) is 1. The van der Waals surface area contributed by atoms with Crippen LogP contribution in [0.4, 0.5) is 0 Å². The molecular formula is C10H14N2S. The van der Waals surface area contributed by atoms with Crippen LogP contribution in [0.15, 0.2) is 12.1 Å². The monoisotopic (exact) mass is 194 g/mol. The second-order valence-electron chi connectivity index (χ2n) is 2.96. The van der Waals surface area contributed by atoms with E-state index in [2.05, 4.69) is 31.3 Å². The number of nitriles is 1. The van der Waals surface area contributed by atoms with Crippen molar-refractivity contribution in [1.82, 2.24) is 5.32 Å². The van der Waals surface area contributed by atoms with Gasteiger partial charge in [-0.25, -0.2) is 0 Å². The molecule has 0 saturated carbocycles. The van der Waals surface area contributed by atoms with E-state index in [1.165, 1.54) is 4.88 Å². The number of rotatable bonds is 4. The molecule has 0 aliphatic heterocycles. The second-order valence-corrected chi connectivity index (χ2v) is 4.28. The Labute approximate surface area is 83.2 Å². The molecule has 2 nitrogen and oxygen atoms in total. The van der Waals surface area contributed by atoms with E-state index in [0.717, 1.165) is 17.8 Å². The van der Waals surface area contributed by atoms with Crippen LogP contribution >= 0.6 is 11.3 Å². The minimum atomic E-state index is -0.126. The number of nitrogens with zero attached hydrogens (tertiary/aromatic N) is 1. The smallest absolute Gasteiger partial charge is 0.130 e. The minimum Gasteiger partial charge on any atom is -0.298 e. The normalized spacial score (nSPS) is 12.4. The Morgan fingerprint density at radius 1 is 1.62 bits per heavy atom. The first-order valence-corrected chi connectivity index (χ1v) is 5.29. The predicted octanol–water partition coefficient (Wildman–Crippen LogP) is 2.62. The number of thiophene rings is 1. The lowest BCUT2D eigenvalue weighted by atomic mass is 10.2. The zero-order chi connectivity index (χ0) is 9.68. The van der Waals surface area contributed by atoms with Crippen LogP contribution in [0.1, 0.15) is 29.1 Å². The third-order valence-corrected chi connectivity index (χ3v) is 2.84. The summed E-state index contributed by atoms with van der Waals surface area (Å²) in [5.74, 6) is 0. The molecule has 70 valence electrons. The Morgan fingerprint density at radius 3 is 2.85 bits per heavy atom. The fourth-order valence-electron chi connectivity index (χ4n) is 1.11. The van der Waals surface area contributed by atoms with Crippen molar-refractivity contribution >= 4 is 11.3 Å². The molecule has 1 unspecified atom stereocenters. The van der Waals surface area contributed by atoms with Crippen LogP contribution in [0.3, 0.4) is 0 Å². The van der Waals surface area contributed by atoms with Crippen molar-refractivity contribution in [1.29, 1.82) is 5.26 Å². The summed E-state index contributed by atoms with van der Waals surface area (Å²) < 4.78 is 0. The van der Waals surface area contributed by atoms with Crippen molar-refractivity contribution in [3.05, 3.63) is 21.9 Å². The maximum absolute atomic E-state index is 8.91. The summed E-state index contributed by atoms with van der Waals surface area (Å²) >= 11 is 1.69. The Bertz CT molecular complexity index is 298. The molecule has 1 rings (SSSR count). The fraction of sp³-hybridized carbons (Fsp3) is 0.500. The molecule has 1 atom stereocenters. The summed E-state index contributed by atoms with van der Waals surface area (Å²) in [5, 5.41) is 12.1. The van der Waals surface area contributed by atoms with Gasteiger partial charge in [-0.15, -0.1) is 11.3 Å². The highest BCUT2D eigenvalue weighted by atomic mass is 32.1. The van der Waals surface area contributed by atoms with Crippen molar-refractivity contribution < 1.29 is 0 Å². The van der Waals surface area contributed by atoms with Gasteiger partial charge in [0.1, 0.15) is 6.04 Å². The molecule has 3 heteroatoms. The van der Waals surface area contributed by atoms with Gasteiger partial charge in [0.05, 0.1) is 6.07 Å². The van der Waals surface area contributed by atoms with Gasteiger partial charge in [-0.3, -0.25) is 5.32 Å². The molecule has 0 bridgehead atoms. The lowest BCUT2D eigenvalue weighted by molar-refractivity contribution is 0.628. The minimum absolute atomic E-state index is 0.126. The Kier molecular flexibility index (Phi) is 3.94. The second kappa shape index (κ2) is 5.00. The Balaban J connectivity index is 2.63. The quantitative estimate of drug-likeness (QED) is 0.799. The summed E-state index contributed by atoms with van der Waals surface area (Å²) in [5.41, 5.74) is 0. The summed E-state index contributed by atoms with van der Waals surface area (Å²) in [7, 11) is 0. The first-order chi connectivity index (χ1) is 6.27. The zero-order valence-electron chi connectivity index (χ0n) is 8.00. The summed E-state index contributed by atoms with van der Waals surface area (Å²) in [6.07, 6.45) is 1.06. The van der Waals surface area contributed by atoms with Crippen molar-refractivity contribution in [2.24, 2.45) is 0 Å². The van der Waals surface area contributed by atoms with Crippen LogP contribution in [-0.2, 0) is 0 Å². The summed E-state index contributed by atoms with van der Waals surface area (Å²) in [4.78, 5) is 2.38. The first kappa shape index (κ1) is 10.2. The third kappa shape index (κ3) is 2.83. The molecule has 1 aromatic heterocycles. The molecule has 0 radical (unpaired) electrons.